The van der Waals surface area contributed by atoms with Crippen molar-refractivity contribution in [2.75, 3.05) is 9.80 Å². The number of furan rings is 2. The van der Waals surface area contributed by atoms with E-state index in [1.165, 1.54) is 61.7 Å². The van der Waals surface area contributed by atoms with Crippen molar-refractivity contribution in [3.05, 3.63) is 458 Å². The number of anilines is 4. The van der Waals surface area contributed by atoms with E-state index in [2.05, 4.69) is 422 Å². The van der Waals surface area contributed by atoms with Gasteiger partial charge in [0.1, 0.15) is 22.7 Å². The van der Waals surface area contributed by atoms with E-state index in [0.29, 0.717) is 34.9 Å². The van der Waals surface area contributed by atoms with Gasteiger partial charge in [0.05, 0.1) is 12.1 Å². The highest BCUT2D eigenvalue weighted by Crippen LogP contribution is 2.57. The first kappa shape index (κ1) is 72.9. The maximum Gasteiger partial charge on any atom is 0.164 e. The monoisotopic (exact) mass is 1590 g/mol. The molecule has 6 heterocycles. The predicted molar refractivity (Wildman–Crippen MR) is 504 cm³/mol. The summed E-state index contributed by atoms with van der Waals surface area (Å²) in [5, 5.41) is 2.29. The van der Waals surface area contributed by atoms with E-state index >= 15 is 0 Å². The minimum absolute atomic E-state index is 0.139. The third-order valence-electron chi connectivity index (χ3n) is 24.6. The number of rotatable bonds is 14. The van der Waals surface area contributed by atoms with Crippen LogP contribution in [0.15, 0.2) is 433 Å². The highest BCUT2D eigenvalue weighted by molar-refractivity contribution is 6.01. The topological polar surface area (TPSA) is 110 Å². The molecule has 20 aromatic rings. The van der Waals surface area contributed by atoms with Gasteiger partial charge in [0.15, 0.2) is 34.9 Å². The Bertz CT molecular complexity index is 7350. The lowest BCUT2D eigenvalue weighted by atomic mass is 9.82. The van der Waals surface area contributed by atoms with Gasteiger partial charge in [-0.3, -0.25) is 0 Å². The molecule has 16 aromatic carbocycles. The van der Waals surface area contributed by atoms with Gasteiger partial charge in [-0.2, -0.15) is 0 Å². The van der Waals surface area contributed by atoms with Crippen LogP contribution in [-0.4, -0.2) is 42.0 Å². The van der Waals surface area contributed by atoms with Crippen LogP contribution in [0.3, 0.4) is 0 Å². The van der Waals surface area contributed by atoms with E-state index in [-0.39, 0.29) is 23.9 Å². The first-order valence-corrected chi connectivity index (χ1v) is 42.2. The fourth-order valence-corrected chi connectivity index (χ4v) is 18.7. The maximum atomic E-state index is 6.82. The molecule has 4 unspecified atom stereocenters. The average molecular weight is 1590 g/mol. The van der Waals surface area contributed by atoms with Gasteiger partial charge in [-0.1, -0.05) is 382 Å². The number of aromatic nitrogens is 6. The molecule has 0 fully saturated rings. The molecule has 0 amide bonds. The molecule has 2 aliphatic carbocycles. The first-order valence-electron chi connectivity index (χ1n) is 42.2. The summed E-state index contributed by atoms with van der Waals surface area (Å²) in [6.45, 7) is 0. The number of fused-ring (bicyclic) bond motifs is 14. The Morgan fingerprint density at radius 3 is 0.815 bits per heavy atom. The number of nitrogens with zero attached hydrogens (tertiary/aromatic N) is 8. The minimum Gasteiger partial charge on any atom is -0.456 e. The number of para-hydroxylation sites is 6. The molecule has 10 heteroatoms. The summed E-state index contributed by atoms with van der Waals surface area (Å²) in [5.41, 5.74) is 30.7. The second-order valence-corrected chi connectivity index (χ2v) is 31.9. The Labute approximate surface area is 718 Å². The summed E-state index contributed by atoms with van der Waals surface area (Å²) in [5.74, 6) is 5.84. The van der Waals surface area contributed by atoms with Gasteiger partial charge in [-0.15, -0.1) is 0 Å². The van der Waals surface area contributed by atoms with Crippen molar-refractivity contribution in [3.8, 4) is 135 Å². The second kappa shape index (κ2) is 31.1. The summed E-state index contributed by atoms with van der Waals surface area (Å²) < 4.78 is 13.6. The van der Waals surface area contributed by atoms with Crippen molar-refractivity contribution in [1.29, 1.82) is 0 Å². The molecular formula is C114H76N8O2. The molecule has 124 heavy (non-hydrogen) atoms. The van der Waals surface area contributed by atoms with Gasteiger partial charge >= 0.3 is 0 Å². The first-order chi connectivity index (χ1) is 61.5. The minimum atomic E-state index is 0.139. The van der Waals surface area contributed by atoms with E-state index in [1.54, 1.807) is 0 Å². The zero-order chi connectivity index (χ0) is 82.0. The van der Waals surface area contributed by atoms with E-state index in [1.807, 2.05) is 24.3 Å². The van der Waals surface area contributed by atoms with Gasteiger partial charge in [0, 0.05) is 101 Å². The van der Waals surface area contributed by atoms with Crippen LogP contribution in [0, 0.1) is 0 Å². The molecule has 24 rings (SSSR count). The third kappa shape index (κ3) is 13.3. The summed E-state index contributed by atoms with van der Waals surface area (Å²) in [4.78, 5) is 35.5. The Morgan fingerprint density at radius 1 is 0.210 bits per heavy atom. The molecule has 4 atom stereocenters. The molecule has 0 spiro atoms. The molecule has 10 nitrogen and oxygen atoms in total. The summed E-state index contributed by atoms with van der Waals surface area (Å²) >= 11 is 0. The third-order valence-corrected chi connectivity index (χ3v) is 24.6. The van der Waals surface area contributed by atoms with Crippen LogP contribution in [0.25, 0.3) is 169 Å². The van der Waals surface area contributed by atoms with Crippen molar-refractivity contribution in [2.45, 2.75) is 23.9 Å². The molecule has 0 N–H and O–H groups in total. The fourth-order valence-electron chi connectivity index (χ4n) is 18.7. The maximum absolute atomic E-state index is 6.82. The molecule has 2 aliphatic heterocycles. The van der Waals surface area contributed by atoms with Crippen LogP contribution in [0.4, 0.5) is 22.7 Å². The van der Waals surface area contributed by atoms with E-state index in [0.717, 1.165) is 117 Å². The number of benzene rings is 16. The Morgan fingerprint density at radius 2 is 0.468 bits per heavy atom. The van der Waals surface area contributed by atoms with Crippen molar-refractivity contribution in [3.63, 3.8) is 0 Å². The SMILES string of the molecule is C1=CC2C(c3ccccc3N2c2ccccc2)c2c1oc1c(-c3ccc(-c4nc(-c5ccc(-c6ccccc6)cc5)nc(-c5ccc(-c6ccccc6)cc5)n4)cc3)cccc21.C1=CC2C(c3ccccc3N2c2ccccc2)c2c1oc1c(-c3ccc(-c4nc(-c5ccc(-c6ccccc6)cc5)nc(-c5cccc(-c6ccccc6)c5)n4)cc3)cccc21. The van der Waals surface area contributed by atoms with Crippen LogP contribution in [0.1, 0.15) is 45.6 Å². The Kier molecular flexibility index (Phi) is 18.3. The molecule has 0 bridgehead atoms. The summed E-state index contributed by atoms with van der Waals surface area (Å²) in [7, 11) is 0. The van der Waals surface area contributed by atoms with Crippen LogP contribution in [0.5, 0.6) is 0 Å². The predicted octanol–water partition coefficient (Wildman–Crippen LogP) is 28.6. The van der Waals surface area contributed by atoms with Crippen molar-refractivity contribution in [1.82, 2.24) is 29.9 Å². The van der Waals surface area contributed by atoms with E-state index in [4.69, 9.17) is 38.7 Å². The molecule has 0 saturated carbocycles. The largest absolute Gasteiger partial charge is 0.456 e. The lowest BCUT2D eigenvalue weighted by molar-refractivity contribution is 0.584. The summed E-state index contributed by atoms with van der Waals surface area (Å²) in [6, 6.07) is 145. The zero-order valence-electron chi connectivity index (χ0n) is 67.3. The fraction of sp³-hybridized carbons (Fsp3) is 0.0351. The van der Waals surface area contributed by atoms with Crippen molar-refractivity contribution >= 4 is 56.8 Å². The molecular weight excluding hydrogens is 1510 g/mol. The molecule has 4 aromatic heterocycles. The van der Waals surface area contributed by atoms with E-state index < -0.39 is 0 Å². The lowest BCUT2D eigenvalue weighted by Gasteiger charge is -2.30. The molecule has 0 radical (unpaired) electrons. The Hall–Kier alpha value is -16.3. The van der Waals surface area contributed by atoms with Crippen LogP contribution in [-0.2, 0) is 0 Å². The van der Waals surface area contributed by atoms with Gasteiger partial charge in [-0.25, -0.2) is 29.9 Å². The van der Waals surface area contributed by atoms with Crippen molar-refractivity contribution < 1.29 is 8.83 Å². The highest BCUT2D eigenvalue weighted by Gasteiger charge is 2.45. The zero-order valence-corrected chi connectivity index (χ0v) is 67.3. The van der Waals surface area contributed by atoms with Crippen LogP contribution >= 0.6 is 0 Å². The average Bonchev–Trinajstić information content (AvgIpc) is 1.56. The Balaban J connectivity index is 0.000000143. The van der Waals surface area contributed by atoms with Gasteiger partial charge in [0.25, 0.3) is 0 Å². The van der Waals surface area contributed by atoms with Crippen LogP contribution < -0.4 is 9.80 Å². The van der Waals surface area contributed by atoms with E-state index in [9.17, 15) is 0 Å². The van der Waals surface area contributed by atoms with Gasteiger partial charge in [-0.05, 0) is 121 Å². The second-order valence-electron chi connectivity index (χ2n) is 31.9. The normalized spacial score (nSPS) is 15.0. The molecule has 0 saturated heterocycles. The van der Waals surface area contributed by atoms with Crippen molar-refractivity contribution in [2.24, 2.45) is 0 Å². The van der Waals surface area contributed by atoms with Gasteiger partial charge in [0.2, 0.25) is 0 Å². The molecule has 584 valence electrons. The number of hydrogen-bond donors (Lipinski definition) is 0. The van der Waals surface area contributed by atoms with Gasteiger partial charge < -0.3 is 18.6 Å². The molecule has 4 aliphatic rings. The standard InChI is InChI=1S/2C57H38N4O/c1-4-14-37(15-5-1)39-26-30-41(31-27-39)55-58-56(60-57(59-55)44-19-12-18-43(36-44)38-16-6-2-7-17-38)42-32-28-40(29-33-42)46-23-13-24-48-53-51(62-54(46)48)35-34-50-52(53)47-22-10-11-25-49(47)61(50)45-20-8-3-9-21-45;1-4-13-37(14-5-1)39-23-29-42(30-24-39)55-58-56(43-31-25-40(26-32-43)38-15-6-2-7-16-38)60-57(59-55)44-33-27-41(28-34-44)46-20-12-21-48-53-51(62-54(46)48)36-35-50-52(53)47-19-10-11-22-49(47)61(50)45-17-8-3-9-18-45/h2*1-36,50,52H. The smallest absolute Gasteiger partial charge is 0.164 e. The highest BCUT2D eigenvalue weighted by atomic mass is 16.3. The number of hydrogen-bond acceptors (Lipinski definition) is 10. The summed E-state index contributed by atoms with van der Waals surface area (Å²) in [6.07, 6.45) is 8.96. The lowest BCUT2D eigenvalue weighted by Crippen LogP contribution is -2.30. The van der Waals surface area contributed by atoms with Crippen LogP contribution in [0.2, 0.25) is 0 Å². The quantitative estimate of drug-likeness (QED) is 0.104.